The Hall–Kier alpha value is -0.700. The highest BCUT2D eigenvalue weighted by atomic mass is 32.1. The summed E-state index contributed by atoms with van der Waals surface area (Å²) in [4.78, 5) is 2.60. The number of hydrogen-bond acceptors (Lipinski definition) is 3. The molecule has 2 nitrogen and oxygen atoms in total. The quantitative estimate of drug-likeness (QED) is 0.660. The molecule has 1 aromatic rings. The Bertz CT molecular complexity index is 456. The summed E-state index contributed by atoms with van der Waals surface area (Å²) >= 11 is 1.85. The van der Waals surface area contributed by atoms with Gasteiger partial charge in [-0.25, -0.2) is 0 Å². The zero-order valence-electron chi connectivity index (χ0n) is 14.1. The largest absolute Gasteiger partial charge is 0.488 e. The molecule has 0 N–H and O–H groups in total. The Kier molecular flexibility index (Phi) is 3.65. The second-order valence-corrected chi connectivity index (χ2v) is 9.68. The first-order chi connectivity index (χ1) is 8.92. The van der Waals surface area contributed by atoms with E-state index in [1.165, 1.54) is 9.75 Å². The fourth-order valence-electron chi connectivity index (χ4n) is 2.23. The van der Waals surface area contributed by atoms with Crippen molar-refractivity contribution in [2.24, 2.45) is 5.41 Å². The summed E-state index contributed by atoms with van der Waals surface area (Å²) in [6.07, 6.45) is 0. The van der Waals surface area contributed by atoms with Crippen LogP contribution in [0.1, 0.15) is 65.1 Å². The monoisotopic (exact) mass is 296 g/mol. The Morgan fingerprint density at radius 3 is 1.45 bits per heavy atom. The number of thiophene rings is 1. The van der Waals surface area contributed by atoms with Crippen molar-refractivity contribution in [3.8, 4) is 11.5 Å². The molecule has 0 atom stereocenters. The lowest BCUT2D eigenvalue weighted by Gasteiger charge is -2.23. The van der Waals surface area contributed by atoms with Gasteiger partial charge in [-0.3, -0.25) is 0 Å². The molecule has 20 heavy (non-hydrogen) atoms. The molecule has 0 spiro atoms. The predicted molar refractivity (Wildman–Crippen MR) is 86.5 cm³/mol. The molecule has 0 bridgehead atoms. The summed E-state index contributed by atoms with van der Waals surface area (Å²) in [6, 6.07) is 0. The molecule has 1 aromatic heterocycles. The maximum atomic E-state index is 6.18. The summed E-state index contributed by atoms with van der Waals surface area (Å²) in [5.74, 6) is 1.97. The molecule has 0 fully saturated rings. The van der Waals surface area contributed by atoms with Gasteiger partial charge in [0.2, 0.25) is 0 Å². The van der Waals surface area contributed by atoms with E-state index in [1.807, 2.05) is 11.3 Å². The molecule has 0 radical (unpaired) electrons. The van der Waals surface area contributed by atoms with Gasteiger partial charge < -0.3 is 9.47 Å². The van der Waals surface area contributed by atoms with Crippen LogP contribution in [0, 0.1) is 5.41 Å². The van der Waals surface area contributed by atoms with Crippen LogP contribution in [0.3, 0.4) is 0 Å². The van der Waals surface area contributed by atoms with Gasteiger partial charge in [0.05, 0.1) is 23.0 Å². The number of ether oxygens (including phenoxy) is 2. The normalized spacial score (nSPS) is 18.8. The summed E-state index contributed by atoms with van der Waals surface area (Å²) in [7, 11) is 0. The van der Waals surface area contributed by atoms with E-state index >= 15 is 0 Å². The summed E-state index contributed by atoms with van der Waals surface area (Å²) in [5.41, 5.74) is 0.215. The highest BCUT2D eigenvalue weighted by molar-refractivity contribution is 7.13. The van der Waals surface area contributed by atoms with Gasteiger partial charge in [0, 0.05) is 16.2 Å². The van der Waals surface area contributed by atoms with Crippen molar-refractivity contribution in [3.63, 3.8) is 0 Å². The van der Waals surface area contributed by atoms with Crippen molar-refractivity contribution in [1.82, 2.24) is 0 Å². The van der Waals surface area contributed by atoms with Crippen molar-refractivity contribution < 1.29 is 9.47 Å². The van der Waals surface area contributed by atoms with E-state index in [4.69, 9.17) is 9.47 Å². The van der Waals surface area contributed by atoms with Crippen LogP contribution in [-0.4, -0.2) is 13.2 Å². The van der Waals surface area contributed by atoms with Crippen molar-refractivity contribution in [3.05, 3.63) is 9.75 Å². The second-order valence-electron chi connectivity index (χ2n) is 8.66. The molecule has 0 amide bonds. The maximum absolute atomic E-state index is 6.18. The van der Waals surface area contributed by atoms with E-state index in [0.717, 1.165) is 11.5 Å². The van der Waals surface area contributed by atoms with Crippen LogP contribution in [0.4, 0.5) is 0 Å². The fraction of sp³-hybridized carbons (Fsp3) is 0.765. The third-order valence-electron chi connectivity index (χ3n) is 3.40. The van der Waals surface area contributed by atoms with E-state index in [9.17, 15) is 0 Å². The minimum atomic E-state index is 0.0565. The zero-order valence-corrected chi connectivity index (χ0v) is 15.0. The molecule has 0 saturated carbocycles. The minimum Gasteiger partial charge on any atom is -0.488 e. The molecule has 0 saturated heterocycles. The number of rotatable bonds is 0. The SMILES string of the molecule is CC1(C)COc2c(C(C)(C)C)sc(C(C)(C)C)c2OC1. The topological polar surface area (TPSA) is 18.5 Å². The van der Waals surface area contributed by atoms with Crippen molar-refractivity contribution >= 4 is 11.3 Å². The molecule has 0 unspecified atom stereocenters. The molecule has 2 heterocycles. The first kappa shape index (κ1) is 15.7. The third kappa shape index (κ3) is 2.98. The van der Waals surface area contributed by atoms with Crippen molar-refractivity contribution in [2.75, 3.05) is 13.2 Å². The number of hydrogen-bond donors (Lipinski definition) is 0. The fourth-order valence-corrected chi connectivity index (χ4v) is 3.53. The Morgan fingerprint density at radius 2 is 1.15 bits per heavy atom. The van der Waals surface area contributed by atoms with Crippen LogP contribution in [0.15, 0.2) is 0 Å². The predicted octanol–water partition coefficient (Wildman–Crippen LogP) is 5.14. The third-order valence-corrected chi connectivity index (χ3v) is 5.40. The second kappa shape index (κ2) is 4.66. The van der Waals surface area contributed by atoms with E-state index in [-0.39, 0.29) is 16.2 Å². The van der Waals surface area contributed by atoms with Crippen LogP contribution < -0.4 is 9.47 Å². The molecule has 1 aliphatic heterocycles. The van der Waals surface area contributed by atoms with Gasteiger partial charge in [-0.15, -0.1) is 11.3 Å². The molecule has 114 valence electrons. The Labute approximate surface area is 127 Å². The number of fused-ring (bicyclic) bond motifs is 1. The van der Waals surface area contributed by atoms with Gasteiger partial charge in [-0.2, -0.15) is 0 Å². The maximum Gasteiger partial charge on any atom is 0.175 e. The summed E-state index contributed by atoms with van der Waals surface area (Å²) in [6.45, 7) is 19.3. The molecule has 2 rings (SSSR count). The van der Waals surface area contributed by atoms with Crippen LogP contribution in [0.2, 0.25) is 0 Å². The van der Waals surface area contributed by atoms with Gasteiger partial charge in [0.25, 0.3) is 0 Å². The van der Waals surface area contributed by atoms with Gasteiger partial charge in [-0.05, 0) is 0 Å². The van der Waals surface area contributed by atoms with Gasteiger partial charge >= 0.3 is 0 Å². The molecule has 3 heteroatoms. The average molecular weight is 296 g/mol. The highest BCUT2D eigenvalue weighted by Crippen LogP contribution is 2.53. The standard InChI is InChI=1S/C17H28O2S/c1-15(2,3)13-11-12(14(20-13)16(4,5)6)19-10-17(7,8)9-18-11/h9-10H2,1-8H3. The van der Waals surface area contributed by atoms with E-state index in [0.29, 0.717) is 13.2 Å². The smallest absolute Gasteiger partial charge is 0.175 e. The van der Waals surface area contributed by atoms with E-state index in [2.05, 4.69) is 55.4 Å². The van der Waals surface area contributed by atoms with Gasteiger partial charge in [-0.1, -0.05) is 55.4 Å². The van der Waals surface area contributed by atoms with Crippen LogP contribution in [0.5, 0.6) is 11.5 Å². The van der Waals surface area contributed by atoms with Crippen LogP contribution >= 0.6 is 11.3 Å². The average Bonchev–Trinajstić information content (AvgIpc) is 2.55. The highest BCUT2D eigenvalue weighted by Gasteiger charge is 2.36. The Balaban J connectivity index is 2.58. The lowest BCUT2D eigenvalue weighted by Crippen LogP contribution is -2.26. The lowest BCUT2D eigenvalue weighted by atomic mass is 9.91. The minimum absolute atomic E-state index is 0.0565. The molecule has 1 aliphatic rings. The first-order valence-corrected chi connectivity index (χ1v) is 8.17. The van der Waals surface area contributed by atoms with Crippen LogP contribution in [-0.2, 0) is 10.8 Å². The summed E-state index contributed by atoms with van der Waals surface area (Å²) in [5, 5.41) is 0. The van der Waals surface area contributed by atoms with Gasteiger partial charge in [0.1, 0.15) is 0 Å². The van der Waals surface area contributed by atoms with E-state index < -0.39 is 0 Å². The molecule has 0 aromatic carbocycles. The Morgan fingerprint density at radius 1 is 0.800 bits per heavy atom. The van der Waals surface area contributed by atoms with Crippen molar-refractivity contribution in [1.29, 1.82) is 0 Å². The zero-order chi connectivity index (χ0) is 15.3. The lowest BCUT2D eigenvalue weighted by molar-refractivity contribution is 0.138. The van der Waals surface area contributed by atoms with Crippen molar-refractivity contribution in [2.45, 2.75) is 66.2 Å². The molecular formula is C17H28O2S. The van der Waals surface area contributed by atoms with Gasteiger partial charge in [0.15, 0.2) is 11.5 Å². The molecular weight excluding hydrogens is 268 g/mol. The van der Waals surface area contributed by atoms with Crippen LogP contribution in [0.25, 0.3) is 0 Å². The summed E-state index contributed by atoms with van der Waals surface area (Å²) < 4.78 is 12.4. The first-order valence-electron chi connectivity index (χ1n) is 7.35. The van der Waals surface area contributed by atoms with E-state index in [1.54, 1.807) is 0 Å². The molecule has 0 aliphatic carbocycles.